The van der Waals surface area contributed by atoms with Gasteiger partial charge in [-0.1, -0.05) is 48.0 Å². The van der Waals surface area contributed by atoms with Crippen molar-refractivity contribution < 1.29 is 14.3 Å². The molecular weight excluding hydrogens is 526 g/mol. The molecule has 3 N–H and O–H groups in total. The lowest BCUT2D eigenvalue weighted by atomic mass is 10.0. The first-order valence-corrected chi connectivity index (χ1v) is 13.1. The van der Waals surface area contributed by atoms with Crippen LogP contribution < -0.4 is 20.7 Å². The molecule has 0 bridgehead atoms. The van der Waals surface area contributed by atoms with E-state index in [4.69, 9.17) is 22.1 Å². The molecule has 202 valence electrons. The number of ether oxygens (including phenoxy) is 1. The number of amides is 3. The topological polar surface area (TPSA) is 100 Å². The fraction of sp³-hybridized carbons (Fsp3) is 0.129. The quantitative estimate of drug-likeness (QED) is 0.276. The fourth-order valence-corrected chi connectivity index (χ4v) is 4.70. The van der Waals surface area contributed by atoms with Crippen LogP contribution in [0.3, 0.4) is 0 Å². The number of carbonyl (C=O) groups is 2. The molecule has 0 fully saturated rings. The molecule has 4 aromatic rings. The number of nitrogens with zero attached hydrogens (tertiary/aromatic N) is 3. The maximum absolute atomic E-state index is 14.0. The Bertz CT molecular complexity index is 1530. The molecular formula is C31H28ClN5O3. The van der Waals surface area contributed by atoms with Gasteiger partial charge in [0, 0.05) is 41.1 Å². The number of nitrogens with two attached hydrogens (primary N) is 1. The summed E-state index contributed by atoms with van der Waals surface area (Å²) in [5, 5.41) is 3.44. The molecule has 4 aromatic carbocycles. The molecule has 8 nitrogen and oxygen atoms in total. The van der Waals surface area contributed by atoms with E-state index >= 15 is 0 Å². The molecule has 0 aromatic heterocycles. The number of likely N-dealkylation sites (N-methyl/N-ethyl adjacent to an activating group) is 1. The Labute approximate surface area is 237 Å². The largest absolute Gasteiger partial charge is 0.457 e. The number of hydrogen-bond donors (Lipinski definition) is 2. The summed E-state index contributed by atoms with van der Waals surface area (Å²) in [6.07, 6.45) is 0. The van der Waals surface area contributed by atoms with Crippen molar-refractivity contribution in [3.05, 3.63) is 119 Å². The van der Waals surface area contributed by atoms with Crippen molar-refractivity contribution in [2.24, 2.45) is 10.7 Å². The Morgan fingerprint density at radius 3 is 2.27 bits per heavy atom. The molecule has 40 heavy (non-hydrogen) atoms. The molecule has 1 unspecified atom stereocenters. The molecule has 1 aliphatic rings. The first kappa shape index (κ1) is 26.8. The van der Waals surface area contributed by atoms with Crippen LogP contribution in [-0.4, -0.2) is 42.8 Å². The van der Waals surface area contributed by atoms with Gasteiger partial charge in [0.1, 0.15) is 23.4 Å². The van der Waals surface area contributed by atoms with Crippen molar-refractivity contribution in [1.29, 1.82) is 0 Å². The Balaban J connectivity index is 1.53. The minimum Gasteiger partial charge on any atom is -0.457 e. The highest BCUT2D eigenvalue weighted by atomic mass is 35.5. The fourth-order valence-electron chi connectivity index (χ4n) is 4.58. The highest BCUT2D eigenvalue weighted by Crippen LogP contribution is 2.36. The van der Waals surface area contributed by atoms with Gasteiger partial charge in [0.2, 0.25) is 0 Å². The monoisotopic (exact) mass is 553 g/mol. The minimum absolute atomic E-state index is 0.407. The zero-order chi connectivity index (χ0) is 28.1. The number of aliphatic imine (C=N–C) groups is 1. The van der Waals surface area contributed by atoms with E-state index in [1.54, 1.807) is 48.5 Å². The van der Waals surface area contributed by atoms with Crippen LogP contribution >= 0.6 is 11.6 Å². The Morgan fingerprint density at radius 1 is 0.950 bits per heavy atom. The maximum Gasteiger partial charge on any atom is 0.320 e. The number of anilines is 2. The zero-order valence-corrected chi connectivity index (χ0v) is 22.6. The van der Waals surface area contributed by atoms with E-state index in [1.807, 2.05) is 61.6 Å². The Morgan fingerprint density at radius 2 is 1.62 bits per heavy atom. The van der Waals surface area contributed by atoms with Crippen LogP contribution in [0.15, 0.2) is 108 Å². The smallest absolute Gasteiger partial charge is 0.320 e. The summed E-state index contributed by atoms with van der Waals surface area (Å²) in [5.74, 6) is 1.43. The van der Waals surface area contributed by atoms with Crippen molar-refractivity contribution >= 4 is 40.7 Å². The van der Waals surface area contributed by atoms with Crippen LogP contribution in [0.25, 0.3) is 0 Å². The van der Waals surface area contributed by atoms with Gasteiger partial charge in [-0.25, -0.2) is 4.79 Å². The second-order valence-electron chi connectivity index (χ2n) is 9.23. The van der Waals surface area contributed by atoms with Gasteiger partial charge in [-0.2, -0.15) is 0 Å². The van der Waals surface area contributed by atoms with Crippen molar-refractivity contribution in [1.82, 2.24) is 4.90 Å². The van der Waals surface area contributed by atoms with E-state index in [0.29, 0.717) is 33.5 Å². The molecule has 0 radical (unpaired) electrons. The number of rotatable bonds is 8. The number of urea groups is 1. The van der Waals surface area contributed by atoms with Crippen LogP contribution in [0.4, 0.5) is 16.2 Å². The summed E-state index contributed by atoms with van der Waals surface area (Å²) in [6, 6.07) is 28.3. The number of amidine groups is 1. The first-order valence-electron chi connectivity index (χ1n) is 12.7. The number of para-hydroxylation sites is 2. The van der Waals surface area contributed by atoms with Gasteiger partial charge < -0.3 is 20.7 Å². The number of primary amides is 1. The second kappa shape index (κ2) is 11.9. The number of halogens is 1. The average molecular weight is 554 g/mol. The first-order chi connectivity index (χ1) is 19.4. The maximum atomic E-state index is 14.0. The molecule has 3 amide bonds. The van der Waals surface area contributed by atoms with Crippen LogP contribution in [0.2, 0.25) is 5.02 Å². The van der Waals surface area contributed by atoms with Gasteiger partial charge >= 0.3 is 6.03 Å². The van der Waals surface area contributed by atoms with Crippen molar-refractivity contribution in [2.45, 2.75) is 6.04 Å². The molecule has 0 saturated carbocycles. The van der Waals surface area contributed by atoms with Gasteiger partial charge in [-0.15, -0.1) is 0 Å². The van der Waals surface area contributed by atoms with E-state index in [1.165, 1.54) is 4.90 Å². The van der Waals surface area contributed by atoms with Crippen LogP contribution in [0, 0.1) is 0 Å². The van der Waals surface area contributed by atoms with E-state index < -0.39 is 18.0 Å². The molecule has 1 aliphatic heterocycles. The van der Waals surface area contributed by atoms with E-state index in [2.05, 4.69) is 15.2 Å². The lowest BCUT2D eigenvalue weighted by Crippen LogP contribution is -2.44. The minimum atomic E-state index is -1.16. The predicted molar refractivity (Wildman–Crippen MR) is 158 cm³/mol. The van der Waals surface area contributed by atoms with Gasteiger partial charge in [-0.3, -0.25) is 14.7 Å². The summed E-state index contributed by atoms with van der Waals surface area (Å²) >= 11 is 6.10. The third-order valence-corrected chi connectivity index (χ3v) is 6.75. The molecule has 1 heterocycles. The van der Waals surface area contributed by atoms with Gasteiger partial charge in [0.15, 0.2) is 0 Å². The third-order valence-electron chi connectivity index (χ3n) is 6.50. The Kier molecular flexibility index (Phi) is 7.98. The number of hydrogen-bond acceptors (Lipinski definition) is 5. The second-order valence-corrected chi connectivity index (χ2v) is 9.67. The van der Waals surface area contributed by atoms with E-state index in [-0.39, 0.29) is 0 Å². The van der Waals surface area contributed by atoms with Crippen molar-refractivity contribution in [3.63, 3.8) is 0 Å². The Hall–Kier alpha value is -4.82. The van der Waals surface area contributed by atoms with Gasteiger partial charge in [0.05, 0.1) is 6.54 Å². The summed E-state index contributed by atoms with van der Waals surface area (Å²) in [7, 11) is 2.00. The number of carbonyl (C=O) groups excluding carboxylic acids is 2. The van der Waals surface area contributed by atoms with E-state index in [9.17, 15) is 9.59 Å². The highest BCUT2D eigenvalue weighted by Gasteiger charge is 2.34. The standard InChI is InChI=1S/C31H28ClN5O3/c1-36-20-19-34-29(36)21-11-15-23(16-12-21)35-30(38)28(37(31(33)39)24-17-13-22(32)14-18-24)26-9-5-6-10-27(26)40-25-7-3-2-4-8-25/h2-18,28H,19-20H2,1H3,(H2,33,39)(H,35,38). The van der Waals surface area contributed by atoms with Gasteiger partial charge in [-0.05, 0) is 66.7 Å². The average Bonchev–Trinajstić information content (AvgIpc) is 3.39. The summed E-state index contributed by atoms with van der Waals surface area (Å²) in [6.45, 7) is 1.62. The molecule has 1 atom stereocenters. The van der Waals surface area contributed by atoms with Crippen LogP contribution in [0.1, 0.15) is 17.2 Å². The molecule has 0 spiro atoms. The molecule has 0 aliphatic carbocycles. The van der Waals surface area contributed by atoms with E-state index in [0.717, 1.165) is 24.5 Å². The van der Waals surface area contributed by atoms with Crippen LogP contribution in [-0.2, 0) is 4.79 Å². The summed E-state index contributed by atoms with van der Waals surface area (Å²) in [4.78, 5) is 34.8. The summed E-state index contributed by atoms with van der Waals surface area (Å²) in [5.41, 5.74) is 8.27. The highest BCUT2D eigenvalue weighted by molar-refractivity contribution is 6.30. The van der Waals surface area contributed by atoms with Gasteiger partial charge in [0.25, 0.3) is 5.91 Å². The predicted octanol–water partition coefficient (Wildman–Crippen LogP) is 6.09. The SMILES string of the molecule is CN1CCN=C1c1ccc(NC(=O)C(c2ccccc2Oc2ccccc2)N(C(N)=O)c2ccc(Cl)cc2)cc1. The van der Waals surface area contributed by atoms with Crippen molar-refractivity contribution in [2.75, 3.05) is 30.4 Å². The normalized spacial score (nSPS) is 13.3. The van der Waals surface area contributed by atoms with Crippen molar-refractivity contribution in [3.8, 4) is 11.5 Å². The molecule has 9 heteroatoms. The van der Waals surface area contributed by atoms with Crippen LogP contribution in [0.5, 0.6) is 11.5 Å². The zero-order valence-electron chi connectivity index (χ0n) is 21.8. The lowest BCUT2D eigenvalue weighted by Gasteiger charge is -2.31. The molecule has 5 rings (SSSR count). The number of benzene rings is 4. The third kappa shape index (κ3) is 5.92. The molecule has 0 saturated heterocycles. The lowest BCUT2D eigenvalue weighted by molar-refractivity contribution is -0.117. The number of nitrogens with one attached hydrogen (secondary N) is 1. The summed E-state index contributed by atoms with van der Waals surface area (Å²) < 4.78 is 6.16.